The second-order valence-corrected chi connectivity index (χ2v) is 6.81. The van der Waals surface area contributed by atoms with Gasteiger partial charge in [0, 0.05) is 23.3 Å². The second-order valence-electron chi connectivity index (χ2n) is 6.81. The van der Waals surface area contributed by atoms with Crippen LogP contribution in [-0.2, 0) is 0 Å². The van der Waals surface area contributed by atoms with Gasteiger partial charge in [-0.25, -0.2) is 10.4 Å². The van der Waals surface area contributed by atoms with Gasteiger partial charge in [-0.2, -0.15) is 5.10 Å². The lowest BCUT2D eigenvalue weighted by molar-refractivity contribution is 0.0956. The van der Waals surface area contributed by atoms with Crippen molar-refractivity contribution in [3.05, 3.63) is 102 Å². The molecule has 2 aromatic heterocycles. The third-order valence-corrected chi connectivity index (χ3v) is 4.57. The third-order valence-electron chi connectivity index (χ3n) is 4.57. The predicted octanol–water partition coefficient (Wildman–Crippen LogP) is 5.12. The second kappa shape index (κ2) is 8.92. The van der Waals surface area contributed by atoms with Crippen molar-refractivity contribution < 1.29 is 4.79 Å². The molecule has 1 amide bonds. The lowest BCUT2D eigenvalue weighted by atomic mass is 10.0. The summed E-state index contributed by atoms with van der Waals surface area (Å²) in [4.78, 5) is 21.6. The van der Waals surface area contributed by atoms with Gasteiger partial charge in [0.15, 0.2) is 0 Å². The van der Waals surface area contributed by atoms with Crippen molar-refractivity contribution in [3.63, 3.8) is 0 Å². The number of carbonyl (C=O) groups is 1. The molecule has 0 aliphatic rings. The Kier molecular flexibility index (Phi) is 5.71. The van der Waals surface area contributed by atoms with Gasteiger partial charge in [0.05, 0.1) is 23.0 Å². The van der Waals surface area contributed by atoms with E-state index in [0.717, 1.165) is 27.6 Å². The van der Waals surface area contributed by atoms with Gasteiger partial charge >= 0.3 is 0 Å². The maximum atomic E-state index is 12.9. The Morgan fingerprint density at radius 1 is 0.967 bits per heavy atom. The van der Waals surface area contributed by atoms with Crippen LogP contribution in [0.4, 0.5) is 0 Å². The van der Waals surface area contributed by atoms with Crippen LogP contribution in [0.2, 0.25) is 0 Å². The molecule has 0 unspecified atom stereocenters. The lowest BCUT2D eigenvalue weighted by Gasteiger charge is -2.09. The fourth-order valence-corrected chi connectivity index (χ4v) is 3.14. The van der Waals surface area contributed by atoms with Crippen LogP contribution < -0.4 is 5.43 Å². The molecule has 5 nitrogen and oxygen atoms in total. The summed E-state index contributed by atoms with van der Waals surface area (Å²) in [6.07, 6.45) is 7.05. The van der Waals surface area contributed by atoms with E-state index in [9.17, 15) is 4.79 Å². The number of nitrogens with zero attached hydrogens (tertiary/aromatic N) is 3. The highest BCUT2D eigenvalue weighted by Gasteiger charge is 2.13. The fraction of sp³-hybridized carbons (Fsp3) is 0.0400. The minimum absolute atomic E-state index is 0.285. The van der Waals surface area contributed by atoms with Crippen LogP contribution in [0.5, 0.6) is 0 Å². The number of hydrazone groups is 1. The topological polar surface area (TPSA) is 67.2 Å². The van der Waals surface area contributed by atoms with Gasteiger partial charge < -0.3 is 0 Å². The maximum Gasteiger partial charge on any atom is 0.272 e. The zero-order chi connectivity index (χ0) is 20.8. The van der Waals surface area contributed by atoms with E-state index in [0.29, 0.717) is 11.3 Å². The van der Waals surface area contributed by atoms with Crippen LogP contribution in [0.1, 0.15) is 22.8 Å². The zero-order valence-electron chi connectivity index (χ0n) is 16.5. The highest BCUT2D eigenvalue weighted by atomic mass is 16.2. The van der Waals surface area contributed by atoms with Crippen LogP contribution in [0.25, 0.3) is 28.2 Å². The number of pyridine rings is 2. The summed E-state index contributed by atoms with van der Waals surface area (Å²) in [5, 5.41) is 4.91. The average Bonchev–Trinajstić information content (AvgIpc) is 2.79. The van der Waals surface area contributed by atoms with Gasteiger partial charge in [0.25, 0.3) is 5.91 Å². The summed E-state index contributed by atoms with van der Waals surface area (Å²) in [5.74, 6) is -0.285. The molecule has 5 heteroatoms. The molecule has 0 aliphatic carbocycles. The number of allylic oxidation sites excluding steroid dienone is 1. The van der Waals surface area contributed by atoms with E-state index in [1.165, 1.54) is 0 Å². The summed E-state index contributed by atoms with van der Waals surface area (Å²) < 4.78 is 0. The summed E-state index contributed by atoms with van der Waals surface area (Å²) in [6.45, 7) is 1.94. The summed E-state index contributed by atoms with van der Waals surface area (Å²) in [5.41, 5.74) is 7.53. The highest BCUT2D eigenvalue weighted by Crippen LogP contribution is 2.24. The summed E-state index contributed by atoms with van der Waals surface area (Å²) in [7, 11) is 0. The molecule has 0 bridgehead atoms. The van der Waals surface area contributed by atoms with Gasteiger partial charge in [-0.05, 0) is 42.3 Å². The minimum atomic E-state index is -0.285. The standard InChI is InChI=1S/C25H20N4O/c1-18(15-19-7-3-2-4-8-19)17-27-29-25(30)22-16-24(20-11-13-26-14-12-20)28-23-10-6-5-9-21(22)23/h2-17H,1H3,(H,29,30)/b18-15+,27-17+. The Morgan fingerprint density at radius 3 is 2.50 bits per heavy atom. The fourth-order valence-electron chi connectivity index (χ4n) is 3.14. The molecule has 2 aromatic carbocycles. The van der Waals surface area contributed by atoms with Crippen molar-refractivity contribution in [2.24, 2.45) is 5.10 Å². The SMILES string of the molecule is CC(/C=N/NC(=O)c1cc(-c2ccncc2)nc2ccccc12)=C\c1ccccc1. The first-order chi connectivity index (χ1) is 14.7. The van der Waals surface area contributed by atoms with Crippen molar-refractivity contribution in [2.75, 3.05) is 0 Å². The Morgan fingerprint density at radius 2 is 1.70 bits per heavy atom. The molecule has 0 saturated carbocycles. The Hall–Kier alpha value is -4.12. The number of aromatic nitrogens is 2. The van der Waals surface area contributed by atoms with Gasteiger partial charge in [0.1, 0.15) is 0 Å². The number of benzene rings is 2. The van der Waals surface area contributed by atoms with Gasteiger partial charge in [-0.3, -0.25) is 9.78 Å². The third kappa shape index (κ3) is 4.47. The van der Waals surface area contributed by atoms with Crippen molar-refractivity contribution in [2.45, 2.75) is 6.92 Å². The number of fused-ring (bicyclic) bond motifs is 1. The first-order valence-corrected chi connectivity index (χ1v) is 9.57. The van der Waals surface area contributed by atoms with Crippen molar-refractivity contribution in [1.29, 1.82) is 0 Å². The van der Waals surface area contributed by atoms with E-state index >= 15 is 0 Å². The largest absolute Gasteiger partial charge is 0.272 e. The van der Waals surface area contributed by atoms with E-state index in [4.69, 9.17) is 0 Å². The van der Waals surface area contributed by atoms with Gasteiger partial charge in [0.2, 0.25) is 0 Å². The van der Waals surface area contributed by atoms with Crippen LogP contribution in [0, 0.1) is 0 Å². The Bertz CT molecular complexity index is 1230. The van der Waals surface area contributed by atoms with Crippen LogP contribution >= 0.6 is 0 Å². The number of rotatable bonds is 5. The molecule has 0 fully saturated rings. The molecule has 1 N–H and O–H groups in total. The molecule has 0 radical (unpaired) electrons. The maximum absolute atomic E-state index is 12.9. The highest BCUT2D eigenvalue weighted by molar-refractivity contribution is 6.07. The number of amides is 1. The van der Waals surface area contributed by atoms with Crippen LogP contribution in [0.3, 0.4) is 0 Å². The molecule has 0 saturated heterocycles. The number of hydrogen-bond donors (Lipinski definition) is 1. The molecule has 146 valence electrons. The molecule has 30 heavy (non-hydrogen) atoms. The van der Waals surface area contributed by atoms with Crippen LogP contribution in [0.15, 0.2) is 95.9 Å². The lowest BCUT2D eigenvalue weighted by Crippen LogP contribution is -2.18. The normalized spacial score (nSPS) is 11.7. The molecule has 2 heterocycles. The molecule has 0 atom stereocenters. The zero-order valence-corrected chi connectivity index (χ0v) is 16.5. The molecule has 0 spiro atoms. The average molecular weight is 392 g/mol. The number of carbonyl (C=O) groups excluding carboxylic acids is 1. The van der Waals surface area contributed by atoms with E-state index in [-0.39, 0.29) is 5.91 Å². The molecule has 0 aliphatic heterocycles. The molecule has 4 aromatic rings. The quantitative estimate of drug-likeness (QED) is 0.379. The predicted molar refractivity (Wildman–Crippen MR) is 121 cm³/mol. The first-order valence-electron chi connectivity index (χ1n) is 9.57. The van der Waals surface area contributed by atoms with Crippen LogP contribution in [-0.4, -0.2) is 22.1 Å². The van der Waals surface area contributed by atoms with Crippen molar-refractivity contribution in [1.82, 2.24) is 15.4 Å². The van der Waals surface area contributed by atoms with E-state index in [2.05, 4.69) is 20.5 Å². The summed E-state index contributed by atoms with van der Waals surface area (Å²) in [6, 6.07) is 23.1. The van der Waals surface area contributed by atoms with E-state index in [1.807, 2.05) is 79.7 Å². The number of para-hydroxylation sites is 1. The van der Waals surface area contributed by atoms with Gasteiger partial charge in [-0.15, -0.1) is 0 Å². The number of hydrogen-bond acceptors (Lipinski definition) is 4. The van der Waals surface area contributed by atoms with E-state index in [1.54, 1.807) is 24.7 Å². The first kappa shape index (κ1) is 19.2. The Labute approximate surface area is 174 Å². The minimum Gasteiger partial charge on any atom is -0.267 e. The van der Waals surface area contributed by atoms with E-state index < -0.39 is 0 Å². The molecular formula is C25H20N4O. The Balaban J connectivity index is 1.60. The molecular weight excluding hydrogens is 372 g/mol. The van der Waals surface area contributed by atoms with Crippen molar-refractivity contribution >= 4 is 29.1 Å². The van der Waals surface area contributed by atoms with Crippen molar-refractivity contribution in [3.8, 4) is 11.3 Å². The van der Waals surface area contributed by atoms with Gasteiger partial charge in [-0.1, -0.05) is 54.6 Å². The molecule has 4 rings (SSSR count). The monoisotopic (exact) mass is 392 g/mol. The summed E-state index contributed by atoms with van der Waals surface area (Å²) >= 11 is 0. The smallest absolute Gasteiger partial charge is 0.267 e. The number of nitrogens with one attached hydrogen (secondary N) is 1.